The number of anilines is 4. The molecule has 0 radical (unpaired) electrons. The van der Waals surface area contributed by atoms with E-state index < -0.39 is 30.8 Å². The second kappa shape index (κ2) is 13.3. The lowest BCUT2D eigenvalue weighted by atomic mass is 10.0. The molecule has 0 saturated carbocycles. The third kappa shape index (κ3) is 7.46. The molecule has 1 unspecified atom stereocenters. The molecule has 11 nitrogen and oxygen atoms in total. The van der Waals surface area contributed by atoms with Crippen molar-refractivity contribution >= 4 is 36.4 Å². The Morgan fingerprint density at radius 2 is 1.93 bits per heavy atom. The number of halogens is 3. The molecule has 8 bridgehead atoms. The zero-order valence-electron chi connectivity index (χ0n) is 24.9. The minimum absolute atomic E-state index is 0.100. The van der Waals surface area contributed by atoms with Crippen molar-refractivity contribution in [3.8, 4) is 16.9 Å². The minimum Gasteiger partial charge on any atom is -0.495 e. The lowest BCUT2D eigenvalue weighted by molar-refractivity contribution is -0.137. The van der Waals surface area contributed by atoms with Crippen molar-refractivity contribution < 1.29 is 31.8 Å². The molecule has 3 N–H and O–H groups in total. The van der Waals surface area contributed by atoms with E-state index in [4.69, 9.17) is 9.26 Å². The van der Waals surface area contributed by atoms with E-state index in [0.717, 1.165) is 0 Å². The van der Waals surface area contributed by atoms with Crippen molar-refractivity contribution in [1.29, 1.82) is 0 Å². The van der Waals surface area contributed by atoms with Gasteiger partial charge in [0.1, 0.15) is 17.1 Å². The molecule has 4 aromatic rings. The maximum absolute atomic E-state index is 14.1. The third-order valence-electron chi connectivity index (χ3n) is 7.16. The van der Waals surface area contributed by atoms with Crippen molar-refractivity contribution in [2.24, 2.45) is 0 Å². The van der Waals surface area contributed by atoms with E-state index in [1.165, 1.54) is 20.2 Å². The van der Waals surface area contributed by atoms with E-state index in [2.05, 4.69) is 31.0 Å². The van der Waals surface area contributed by atoms with Gasteiger partial charge in [0.25, 0.3) is 5.91 Å². The first-order valence-corrected chi connectivity index (χ1v) is 16.3. The lowest BCUT2D eigenvalue weighted by Gasteiger charge is -2.20. The molecule has 0 spiro atoms. The van der Waals surface area contributed by atoms with Gasteiger partial charge in [-0.2, -0.15) is 23.3 Å². The van der Waals surface area contributed by atoms with Gasteiger partial charge in [-0.3, -0.25) is 14.0 Å². The summed E-state index contributed by atoms with van der Waals surface area (Å²) in [4.78, 5) is 20.9. The summed E-state index contributed by atoms with van der Waals surface area (Å²) in [6, 6.07) is 9.85. The van der Waals surface area contributed by atoms with Crippen LogP contribution in [0.25, 0.3) is 11.1 Å². The molecule has 15 heteroatoms. The summed E-state index contributed by atoms with van der Waals surface area (Å²) < 4.78 is 69.2. The molecule has 0 fully saturated rings. The maximum atomic E-state index is 14.1. The van der Waals surface area contributed by atoms with Gasteiger partial charge in [0.2, 0.25) is 13.3 Å². The number of amides is 1. The molecule has 4 aliphatic rings. The van der Waals surface area contributed by atoms with Crippen LogP contribution in [0.15, 0.2) is 55.0 Å². The Kier molecular flexibility index (Phi) is 9.45. The summed E-state index contributed by atoms with van der Waals surface area (Å²) in [5, 5.41) is 12.6. The summed E-state index contributed by atoms with van der Waals surface area (Å²) in [6.07, 6.45) is 1.14. The Hall–Kier alpha value is -4.42. The molecule has 0 saturated heterocycles. The number of aryl methyl sites for hydroxylation is 1. The average molecular weight is 644 g/mol. The number of aromatic nitrogens is 4. The number of carbonyl (C=O) groups is 1. The zero-order valence-corrected chi connectivity index (χ0v) is 25.8. The van der Waals surface area contributed by atoms with Crippen LogP contribution < -0.4 is 20.7 Å². The van der Waals surface area contributed by atoms with Crippen molar-refractivity contribution in [1.82, 2.24) is 25.1 Å². The fourth-order valence-corrected chi connectivity index (χ4v) is 7.26. The van der Waals surface area contributed by atoms with Crippen molar-refractivity contribution in [3.05, 3.63) is 71.7 Å². The van der Waals surface area contributed by atoms with Crippen LogP contribution in [0.1, 0.15) is 41.3 Å². The molecule has 1 atom stereocenters. The van der Waals surface area contributed by atoms with Crippen LogP contribution >= 0.6 is 7.37 Å². The number of alkyl halides is 3. The van der Waals surface area contributed by atoms with E-state index in [-0.39, 0.29) is 30.0 Å². The van der Waals surface area contributed by atoms with E-state index in [9.17, 15) is 22.5 Å². The van der Waals surface area contributed by atoms with Crippen LogP contribution in [-0.4, -0.2) is 52.6 Å². The van der Waals surface area contributed by atoms with Crippen LogP contribution in [0.5, 0.6) is 5.75 Å². The van der Waals surface area contributed by atoms with Gasteiger partial charge in [-0.15, -0.1) is 0 Å². The normalized spacial score (nSPS) is 17.0. The predicted molar refractivity (Wildman–Crippen MR) is 165 cm³/mol. The van der Waals surface area contributed by atoms with Gasteiger partial charge in [0.15, 0.2) is 0 Å². The highest BCUT2D eigenvalue weighted by atomic mass is 31.2. The van der Waals surface area contributed by atoms with Crippen LogP contribution in [0.4, 0.5) is 36.3 Å². The highest BCUT2D eigenvalue weighted by molar-refractivity contribution is 7.58. The monoisotopic (exact) mass is 643 g/mol. The molecule has 2 aromatic carbocycles. The summed E-state index contributed by atoms with van der Waals surface area (Å²) in [5.41, 5.74) is 1.52. The SMILES string of the molecule is CCCP1(=O)Cc2ccc(c(OC)c2)Nc2ncc(C(F)(F)F)c(n2)Nc2ccc(cc2C(=O)NC)-c2cnn(c2)CCCO1. The zero-order chi connectivity index (χ0) is 32.2. The minimum atomic E-state index is -4.79. The number of methoxy groups -OCH3 is 1. The first kappa shape index (κ1) is 32.0. The first-order valence-electron chi connectivity index (χ1n) is 14.3. The largest absolute Gasteiger partial charge is 0.495 e. The highest BCUT2D eigenvalue weighted by Crippen LogP contribution is 2.51. The molecule has 6 heterocycles. The van der Waals surface area contributed by atoms with Crippen LogP contribution in [0, 0.1) is 0 Å². The van der Waals surface area contributed by atoms with E-state index in [1.807, 2.05) is 6.92 Å². The quantitative estimate of drug-likeness (QED) is 0.205. The Bertz CT molecular complexity index is 1740. The smallest absolute Gasteiger partial charge is 0.421 e. The fourth-order valence-electron chi connectivity index (χ4n) is 4.99. The predicted octanol–water partition coefficient (Wildman–Crippen LogP) is 6.82. The lowest BCUT2D eigenvalue weighted by Crippen LogP contribution is -2.20. The van der Waals surface area contributed by atoms with Gasteiger partial charge in [0.05, 0.1) is 36.9 Å². The first-order chi connectivity index (χ1) is 21.5. The molecule has 1 amide bonds. The Labute approximate surface area is 258 Å². The number of nitrogens with one attached hydrogen (secondary N) is 3. The number of hydrogen-bond acceptors (Lipinski definition) is 9. The standard InChI is InChI=1S/C30H33F3N7O4P/c1-4-12-45(42)18-19-6-8-25(26(13-19)43-3)38-29-35-16-23(30(31,32)33)27(39-29)37-24-9-7-20(14-22(24)28(41)34-2)21-15-36-40(17-21)10-5-11-44-45/h6-9,13-17H,4-5,10-12,18H2,1-3H3,(H,34,41)(H2,35,37,38,39). The molecule has 45 heavy (non-hydrogen) atoms. The number of rotatable bonds is 4. The molecule has 4 aliphatic heterocycles. The number of nitrogens with zero attached hydrogens (tertiary/aromatic N) is 4. The van der Waals surface area contributed by atoms with Crippen LogP contribution in [-0.2, 0) is 28.0 Å². The summed E-state index contributed by atoms with van der Waals surface area (Å²) in [5.74, 6) is -0.867. The van der Waals surface area contributed by atoms with E-state index >= 15 is 0 Å². The number of ether oxygens (including phenoxy) is 1. The van der Waals surface area contributed by atoms with Gasteiger partial charge in [-0.25, -0.2) is 4.98 Å². The molecule has 2 aromatic heterocycles. The summed E-state index contributed by atoms with van der Waals surface area (Å²) in [7, 11) is -0.163. The van der Waals surface area contributed by atoms with Gasteiger partial charge in [0, 0.05) is 43.9 Å². The number of benzene rings is 2. The molecular weight excluding hydrogens is 610 g/mol. The summed E-state index contributed by atoms with van der Waals surface area (Å²) in [6.45, 7) is 2.72. The van der Waals surface area contributed by atoms with Crippen molar-refractivity contribution in [3.63, 3.8) is 0 Å². The Morgan fingerprint density at radius 3 is 2.67 bits per heavy atom. The van der Waals surface area contributed by atoms with Gasteiger partial charge in [-0.1, -0.05) is 19.1 Å². The second-order valence-electron chi connectivity index (χ2n) is 10.5. The van der Waals surface area contributed by atoms with Gasteiger partial charge in [-0.05, 0) is 48.2 Å². The van der Waals surface area contributed by atoms with Crippen LogP contribution in [0.2, 0.25) is 0 Å². The van der Waals surface area contributed by atoms with Gasteiger partial charge >= 0.3 is 6.18 Å². The van der Waals surface area contributed by atoms with Crippen molar-refractivity contribution in [2.45, 2.75) is 38.6 Å². The fraction of sp³-hybridized carbons (Fsp3) is 0.333. The maximum Gasteiger partial charge on any atom is 0.421 e. The highest BCUT2D eigenvalue weighted by Gasteiger charge is 2.36. The van der Waals surface area contributed by atoms with E-state index in [1.54, 1.807) is 47.4 Å². The van der Waals surface area contributed by atoms with Crippen molar-refractivity contribution in [2.75, 3.05) is 37.6 Å². The summed E-state index contributed by atoms with van der Waals surface area (Å²) >= 11 is 0. The number of hydrogen-bond donors (Lipinski definition) is 3. The van der Waals surface area contributed by atoms with E-state index in [0.29, 0.717) is 59.9 Å². The molecule has 0 aliphatic carbocycles. The Morgan fingerprint density at radius 1 is 1.13 bits per heavy atom. The topological polar surface area (TPSA) is 132 Å². The Balaban J connectivity index is 1.62. The molecule has 8 rings (SSSR count). The van der Waals surface area contributed by atoms with Crippen LogP contribution in [0.3, 0.4) is 0 Å². The molecule has 238 valence electrons. The van der Waals surface area contributed by atoms with Gasteiger partial charge < -0.3 is 25.2 Å². The second-order valence-corrected chi connectivity index (χ2v) is 13.1. The number of carbonyl (C=O) groups excluding carboxylic acids is 1. The average Bonchev–Trinajstić information content (AvgIpc) is 3.48. The molecular formula is C30H33F3N7O4P. The third-order valence-corrected chi connectivity index (χ3v) is 9.79.